The summed E-state index contributed by atoms with van der Waals surface area (Å²) in [6, 6.07) is 10.7. The molecule has 2 unspecified atom stereocenters. The van der Waals surface area contributed by atoms with Crippen molar-refractivity contribution in [1.82, 2.24) is 0 Å². The summed E-state index contributed by atoms with van der Waals surface area (Å²) in [6.07, 6.45) is 4.39. The molecule has 98 valence electrons. The zero-order valence-corrected chi connectivity index (χ0v) is 11.6. The minimum absolute atomic E-state index is 0.472. The summed E-state index contributed by atoms with van der Waals surface area (Å²) in [5.74, 6) is 2.00. The fourth-order valence-electron chi connectivity index (χ4n) is 2.74. The number of fused-ring (bicyclic) bond motifs is 1. The number of rotatable bonds is 2. The molecule has 4 heteroatoms. The van der Waals surface area contributed by atoms with E-state index in [1.54, 1.807) is 0 Å². The van der Waals surface area contributed by atoms with E-state index in [9.17, 15) is 0 Å². The molecule has 3 rings (SSSR count). The molecule has 1 fully saturated rings. The predicted octanol–water partition coefficient (Wildman–Crippen LogP) is 3.44. The summed E-state index contributed by atoms with van der Waals surface area (Å²) in [6.45, 7) is 0. The zero-order chi connectivity index (χ0) is 13.1. The highest BCUT2D eigenvalue weighted by Gasteiger charge is 2.30. The number of anilines is 1. The maximum atomic E-state index is 8.65. The summed E-state index contributed by atoms with van der Waals surface area (Å²) in [5.41, 5.74) is 2.12. The van der Waals surface area contributed by atoms with Gasteiger partial charge >= 0.3 is 0 Å². The topological polar surface area (TPSA) is 48.2 Å². The van der Waals surface area contributed by atoms with E-state index < -0.39 is 0 Å². The molecule has 0 spiro atoms. The average Bonchev–Trinajstić information content (AvgIpc) is 2.89. The van der Waals surface area contributed by atoms with Crippen molar-refractivity contribution in [2.75, 3.05) is 11.1 Å². The van der Waals surface area contributed by atoms with Gasteiger partial charge in [-0.05, 0) is 36.5 Å². The molecule has 1 aliphatic carbocycles. The standard InChI is InChI=1S/C15H17N3S/c16-9-8-11-4-6-13(7-5-11)17-15-18-14-3-1-2-12(14)10-19-15/h4-7,12,14H,1-3,8,10H2,(H,17,18). The minimum atomic E-state index is 0.472. The maximum Gasteiger partial charge on any atom is 0.161 e. The van der Waals surface area contributed by atoms with Crippen molar-refractivity contribution in [2.24, 2.45) is 10.9 Å². The van der Waals surface area contributed by atoms with Crippen molar-refractivity contribution in [3.8, 4) is 6.07 Å². The van der Waals surface area contributed by atoms with Crippen LogP contribution in [0.1, 0.15) is 24.8 Å². The molecule has 1 N–H and O–H groups in total. The van der Waals surface area contributed by atoms with Gasteiger partial charge < -0.3 is 5.32 Å². The Bertz CT molecular complexity index is 515. The Kier molecular flexibility index (Phi) is 3.74. The number of nitrogens with zero attached hydrogens (tertiary/aromatic N) is 2. The minimum Gasteiger partial charge on any atom is -0.335 e. The second kappa shape index (κ2) is 5.66. The van der Waals surface area contributed by atoms with Crippen LogP contribution in [0.25, 0.3) is 0 Å². The molecular weight excluding hydrogens is 254 g/mol. The first-order valence-electron chi connectivity index (χ1n) is 6.78. The third kappa shape index (κ3) is 2.93. The van der Waals surface area contributed by atoms with Crippen LogP contribution in [0.15, 0.2) is 29.3 Å². The highest BCUT2D eigenvalue weighted by molar-refractivity contribution is 8.14. The van der Waals surface area contributed by atoms with Crippen LogP contribution in [0.5, 0.6) is 0 Å². The predicted molar refractivity (Wildman–Crippen MR) is 80.4 cm³/mol. The fourth-order valence-corrected chi connectivity index (χ4v) is 3.91. The van der Waals surface area contributed by atoms with Crippen molar-refractivity contribution >= 4 is 22.6 Å². The first-order valence-corrected chi connectivity index (χ1v) is 7.77. The fraction of sp³-hybridized carbons (Fsp3) is 0.467. The Morgan fingerprint density at radius 1 is 1.32 bits per heavy atom. The Balaban J connectivity index is 1.66. The summed E-state index contributed by atoms with van der Waals surface area (Å²) >= 11 is 1.84. The molecule has 2 atom stereocenters. The lowest BCUT2D eigenvalue weighted by molar-refractivity contribution is 0.535. The third-order valence-corrected chi connectivity index (χ3v) is 4.90. The maximum absolute atomic E-state index is 8.65. The largest absolute Gasteiger partial charge is 0.335 e. The molecular formula is C15H17N3S. The second-order valence-electron chi connectivity index (χ2n) is 5.16. The lowest BCUT2D eigenvalue weighted by Crippen LogP contribution is -2.25. The first kappa shape index (κ1) is 12.6. The van der Waals surface area contributed by atoms with E-state index in [1.165, 1.54) is 25.0 Å². The van der Waals surface area contributed by atoms with Gasteiger partial charge in [0.2, 0.25) is 0 Å². The lowest BCUT2D eigenvalue weighted by Gasteiger charge is -2.23. The number of nitriles is 1. The van der Waals surface area contributed by atoms with Crippen molar-refractivity contribution in [2.45, 2.75) is 31.7 Å². The van der Waals surface area contributed by atoms with Crippen LogP contribution in [0.3, 0.4) is 0 Å². The molecule has 1 aromatic rings. The molecule has 19 heavy (non-hydrogen) atoms. The van der Waals surface area contributed by atoms with E-state index in [4.69, 9.17) is 10.3 Å². The van der Waals surface area contributed by atoms with Gasteiger partial charge in [0.25, 0.3) is 0 Å². The molecule has 1 saturated carbocycles. The Labute approximate surface area is 118 Å². The van der Waals surface area contributed by atoms with Crippen molar-refractivity contribution in [3.63, 3.8) is 0 Å². The van der Waals surface area contributed by atoms with Crippen molar-refractivity contribution in [3.05, 3.63) is 29.8 Å². The van der Waals surface area contributed by atoms with Crippen LogP contribution in [0, 0.1) is 17.2 Å². The highest BCUT2D eigenvalue weighted by atomic mass is 32.2. The van der Waals surface area contributed by atoms with Crippen LogP contribution in [-0.2, 0) is 6.42 Å². The van der Waals surface area contributed by atoms with Crippen molar-refractivity contribution in [1.29, 1.82) is 5.26 Å². The van der Waals surface area contributed by atoms with Gasteiger partial charge in [-0.25, -0.2) is 0 Å². The van der Waals surface area contributed by atoms with Crippen LogP contribution < -0.4 is 5.32 Å². The number of hydrogen-bond donors (Lipinski definition) is 1. The molecule has 3 nitrogen and oxygen atoms in total. The van der Waals surface area contributed by atoms with Gasteiger partial charge in [0.05, 0.1) is 18.5 Å². The summed E-state index contributed by atoms with van der Waals surface area (Å²) in [5, 5.41) is 13.1. The highest BCUT2D eigenvalue weighted by Crippen LogP contribution is 2.35. The van der Waals surface area contributed by atoms with Crippen LogP contribution in [-0.4, -0.2) is 17.0 Å². The van der Waals surface area contributed by atoms with Crippen LogP contribution in [0.2, 0.25) is 0 Å². The molecule has 0 aromatic heterocycles. The van der Waals surface area contributed by atoms with Gasteiger partial charge in [-0.1, -0.05) is 30.3 Å². The van der Waals surface area contributed by atoms with E-state index >= 15 is 0 Å². The van der Waals surface area contributed by atoms with Gasteiger partial charge in [0, 0.05) is 11.4 Å². The molecule has 1 heterocycles. The van der Waals surface area contributed by atoms with Crippen LogP contribution >= 0.6 is 11.8 Å². The number of nitrogens with one attached hydrogen (secondary N) is 1. The number of thioether (sulfide) groups is 1. The smallest absolute Gasteiger partial charge is 0.161 e. The molecule has 2 aliphatic rings. The van der Waals surface area contributed by atoms with Gasteiger partial charge in [-0.3, -0.25) is 4.99 Å². The van der Waals surface area contributed by atoms with E-state index in [1.807, 2.05) is 36.0 Å². The van der Waals surface area contributed by atoms with Crippen molar-refractivity contribution < 1.29 is 0 Å². The molecule has 0 bridgehead atoms. The van der Waals surface area contributed by atoms with Gasteiger partial charge in [0.15, 0.2) is 5.17 Å². The average molecular weight is 271 g/mol. The number of benzene rings is 1. The monoisotopic (exact) mass is 271 g/mol. The van der Waals surface area contributed by atoms with E-state index in [-0.39, 0.29) is 0 Å². The van der Waals surface area contributed by atoms with Gasteiger partial charge in [-0.2, -0.15) is 5.26 Å². The molecule has 0 amide bonds. The van der Waals surface area contributed by atoms with Gasteiger partial charge in [0.1, 0.15) is 0 Å². The summed E-state index contributed by atoms with van der Waals surface area (Å²) in [4.78, 5) is 4.81. The number of aliphatic imine (C=N–C) groups is 1. The Morgan fingerprint density at radius 2 is 2.16 bits per heavy atom. The first-order chi connectivity index (χ1) is 9.35. The van der Waals surface area contributed by atoms with Gasteiger partial charge in [-0.15, -0.1) is 0 Å². The Morgan fingerprint density at radius 3 is 2.95 bits per heavy atom. The third-order valence-electron chi connectivity index (χ3n) is 3.82. The van der Waals surface area contributed by atoms with E-state index in [2.05, 4.69) is 11.4 Å². The summed E-state index contributed by atoms with van der Waals surface area (Å²) < 4.78 is 0. The molecule has 1 aromatic carbocycles. The SMILES string of the molecule is N#CCc1ccc(NC2=NC3CCCC3CS2)cc1. The van der Waals surface area contributed by atoms with E-state index in [0.29, 0.717) is 12.5 Å². The van der Waals surface area contributed by atoms with Crippen LogP contribution in [0.4, 0.5) is 5.69 Å². The van der Waals surface area contributed by atoms with E-state index in [0.717, 1.165) is 22.3 Å². The quantitative estimate of drug-likeness (QED) is 0.896. The Hall–Kier alpha value is -1.47. The zero-order valence-electron chi connectivity index (χ0n) is 10.8. The molecule has 1 aliphatic heterocycles. The number of hydrogen-bond acceptors (Lipinski definition) is 4. The molecule has 0 saturated heterocycles. The second-order valence-corrected chi connectivity index (χ2v) is 6.17. The normalized spacial score (nSPS) is 25.3. The number of amidine groups is 1. The molecule has 0 radical (unpaired) electrons. The lowest BCUT2D eigenvalue weighted by atomic mass is 10.1. The summed E-state index contributed by atoms with van der Waals surface area (Å²) in [7, 11) is 0.